The van der Waals surface area contributed by atoms with Gasteiger partial charge in [-0.15, -0.1) is 0 Å². The van der Waals surface area contributed by atoms with Crippen LogP contribution < -0.4 is 0 Å². The highest BCUT2D eigenvalue weighted by molar-refractivity contribution is 5.37. The number of likely N-dealkylation sites (N-methyl/N-ethyl adjacent to an activating group) is 1. The molecule has 0 aliphatic carbocycles. The Bertz CT molecular complexity index is 453. The van der Waals surface area contributed by atoms with E-state index in [1.165, 1.54) is 0 Å². The summed E-state index contributed by atoms with van der Waals surface area (Å²) in [6.45, 7) is 4.41. The minimum absolute atomic E-state index is 0.262. The predicted molar refractivity (Wildman–Crippen MR) is 74.7 cm³/mol. The van der Waals surface area contributed by atoms with E-state index < -0.39 is 0 Å². The van der Waals surface area contributed by atoms with Gasteiger partial charge < -0.3 is 9.64 Å². The molecule has 1 atom stereocenters. The third kappa shape index (κ3) is 4.03. The monoisotopic (exact) mass is 259 g/mol. The molecule has 0 bridgehead atoms. The zero-order chi connectivity index (χ0) is 13.7. The van der Waals surface area contributed by atoms with Gasteiger partial charge >= 0.3 is 0 Å². The molecule has 0 aromatic heterocycles. The molecule has 0 radical (unpaired) electrons. The summed E-state index contributed by atoms with van der Waals surface area (Å²) in [5.74, 6) is 0. The van der Waals surface area contributed by atoms with Crippen LogP contribution in [0, 0.1) is 11.3 Å². The average molecular weight is 259 g/mol. The average Bonchev–Trinajstić information content (AvgIpc) is 2.39. The number of rotatable bonds is 4. The molecule has 2 rings (SSSR count). The molecular weight excluding hydrogens is 238 g/mol. The van der Waals surface area contributed by atoms with E-state index in [0.717, 1.165) is 43.9 Å². The van der Waals surface area contributed by atoms with Gasteiger partial charge in [0.15, 0.2) is 0 Å². The summed E-state index contributed by atoms with van der Waals surface area (Å²) in [5.41, 5.74) is 1.88. The van der Waals surface area contributed by atoms with E-state index in [1.807, 2.05) is 24.3 Å². The fourth-order valence-electron chi connectivity index (χ4n) is 2.45. The van der Waals surface area contributed by atoms with Gasteiger partial charge in [0.1, 0.15) is 0 Å². The number of morpholine rings is 1. The second-order valence-corrected chi connectivity index (χ2v) is 5.26. The lowest BCUT2D eigenvalue weighted by molar-refractivity contribution is -0.0406. The molecule has 0 spiro atoms. The smallest absolute Gasteiger partial charge is 0.0995 e. The number of nitriles is 1. The van der Waals surface area contributed by atoms with Crippen molar-refractivity contribution in [2.45, 2.75) is 12.6 Å². The Morgan fingerprint density at radius 2 is 2.21 bits per heavy atom. The third-order valence-electron chi connectivity index (χ3n) is 3.32. The van der Waals surface area contributed by atoms with Gasteiger partial charge in [-0.25, -0.2) is 0 Å². The van der Waals surface area contributed by atoms with Crippen molar-refractivity contribution < 1.29 is 4.74 Å². The van der Waals surface area contributed by atoms with E-state index in [-0.39, 0.29) is 6.10 Å². The van der Waals surface area contributed by atoms with Gasteiger partial charge in [-0.3, -0.25) is 4.90 Å². The van der Waals surface area contributed by atoms with Crippen molar-refractivity contribution in [2.75, 3.05) is 40.3 Å². The Morgan fingerprint density at radius 1 is 1.42 bits per heavy atom. The normalized spacial score (nSPS) is 20.4. The van der Waals surface area contributed by atoms with Crippen molar-refractivity contribution in [1.82, 2.24) is 9.80 Å². The molecule has 1 saturated heterocycles. The van der Waals surface area contributed by atoms with Crippen LogP contribution >= 0.6 is 0 Å². The Labute approximate surface area is 115 Å². The molecule has 1 aliphatic heterocycles. The highest BCUT2D eigenvalue weighted by atomic mass is 16.5. The summed E-state index contributed by atoms with van der Waals surface area (Å²) >= 11 is 0. The van der Waals surface area contributed by atoms with Crippen molar-refractivity contribution in [2.24, 2.45) is 0 Å². The topological polar surface area (TPSA) is 39.5 Å². The largest absolute Gasteiger partial charge is 0.374 e. The standard InChI is InChI=1S/C15H21N3O/c1-17(2)11-15-12-18(7-8-19-15)10-14-6-4-3-5-13(14)9-16/h3-6,15H,7-8,10-12H2,1-2H3. The molecule has 0 saturated carbocycles. The van der Waals surface area contributed by atoms with Crippen LogP contribution in [0.5, 0.6) is 0 Å². The van der Waals surface area contributed by atoms with Crippen LogP contribution in [0.1, 0.15) is 11.1 Å². The second kappa shape index (κ2) is 6.67. The maximum absolute atomic E-state index is 9.12. The molecule has 1 heterocycles. The molecule has 102 valence electrons. The zero-order valence-corrected chi connectivity index (χ0v) is 11.7. The Kier molecular flexibility index (Phi) is 4.92. The quantitative estimate of drug-likeness (QED) is 0.817. The fraction of sp³-hybridized carbons (Fsp3) is 0.533. The zero-order valence-electron chi connectivity index (χ0n) is 11.7. The van der Waals surface area contributed by atoms with Gasteiger partial charge in [-0.1, -0.05) is 18.2 Å². The molecule has 1 aliphatic rings. The second-order valence-electron chi connectivity index (χ2n) is 5.26. The molecule has 0 amide bonds. The van der Waals surface area contributed by atoms with Gasteiger partial charge in [0.2, 0.25) is 0 Å². The molecule has 1 aromatic carbocycles. The van der Waals surface area contributed by atoms with E-state index in [1.54, 1.807) is 0 Å². The van der Waals surface area contributed by atoms with Crippen LogP contribution in [0.3, 0.4) is 0 Å². The Morgan fingerprint density at radius 3 is 2.95 bits per heavy atom. The lowest BCUT2D eigenvalue weighted by Gasteiger charge is -2.34. The summed E-state index contributed by atoms with van der Waals surface area (Å²) in [6, 6.07) is 10.1. The van der Waals surface area contributed by atoms with Gasteiger partial charge in [0, 0.05) is 26.2 Å². The van der Waals surface area contributed by atoms with Gasteiger partial charge in [0.05, 0.1) is 24.3 Å². The van der Waals surface area contributed by atoms with Crippen LogP contribution in [0.15, 0.2) is 24.3 Å². The van der Waals surface area contributed by atoms with E-state index in [9.17, 15) is 0 Å². The van der Waals surface area contributed by atoms with Crippen LogP contribution in [-0.4, -0.2) is 56.2 Å². The van der Waals surface area contributed by atoms with Crippen molar-refractivity contribution in [3.05, 3.63) is 35.4 Å². The summed E-state index contributed by atoms with van der Waals surface area (Å²) in [5, 5.41) is 9.12. The van der Waals surface area contributed by atoms with Gasteiger partial charge in [-0.05, 0) is 25.7 Å². The van der Waals surface area contributed by atoms with E-state index in [2.05, 4.69) is 30.0 Å². The molecule has 19 heavy (non-hydrogen) atoms. The Hall–Kier alpha value is -1.41. The Balaban J connectivity index is 1.97. The molecule has 1 unspecified atom stereocenters. The van der Waals surface area contributed by atoms with Crippen LogP contribution in [-0.2, 0) is 11.3 Å². The highest BCUT2D eigenvalue weighted by Gasteiger charge is 2.21. The summed E-state index contributed by atoms with van der Waals surface area (Å²) in [4.78, 5) is 4.52. The number of hydrogen-bond donors (Lipinski definition) is 0. The van der Waals surface area contributed by atoms with E-state index >= 15 is 0 Å². The van der Waals surface area contributed by atoms with E-state index in [0.29, 0.717) is 0 Å². The maximum Gasteiger partial charge on any atom is 0.0995 e. The molecule has 4 heteroatoms. The summed E-state index contributed by atoms with van der Waals surface area (Å²) in [7, 11) is 4.13. The molecule has 4 nitrogen and oxygen atoms in total. The minimum Gasteiger partial charge on any atom is -0.374 e. The maximum atomic E-state index is 9.12. The molecule has 1 fully saturated rings. The first-order chi connectivity index (χ1) is 9.19. The molecular formula is C15H21N3O. The third-order valence-corrected chi connectivity index (χ3v) is 3.32. The summed E-state index contributed by atoms with van der Waals surface area (Å²) in [6.07, 6.45) is 0.262. The number of hydrogen-bond acceptors (Lipinski definition) is 4. The van der Waals surface area contributed by atoms with Crippen LogP contribution in [0.4, 0.5) is 0 Å². The van der Waals surface area contributed by atoms with Crippen LogP contribution in [0.2, 0.25) is 0 Å². The van der Waals surface area contributed by atoms with Crippen molar-refractivity contribution in [3.63, 3.8) is 0 Å². The minimum atomic E-state index is 0.262. The van der Waals surface area contributed by atoms with Crippen LogP contribution in [0.25, 0.3) is 0 Å². The lowest BCUT2D eigenvalue weighted by atomic mass is 10.1. The van der Waals surface area contributed by atoms with E-state index in [4.69, 9.17) is 10.00 Å². The molecule has 0 N–H and O–H groups in total. The first-order valence-electron chi connectivity index (χ1n) is 6.65. The first kappa shape index (κ1) is 14.0. The lowest BCUT2D eigenvalue weighted by Crippen LogP contribution is -2.46. The molecule has 1 aromatic rings. The fourth-order valence-corrected chi connectivity index (χ4v) is 2.45. The highest BCUT2D eigenvalue weighted by Crippen LogP contribution is 2.14. The summed E-state index contributed by atoms with van der Waals surface area (Å²) < 4.78 is 5.76. The SMILES string of the molecule is CN(C)CC1CN(Cc2ccccc2C#N)CCO1. The van der Waals surface area contributed by atoms with Crippen molar-refractivity contribution in [3.8, 4) is 6.07 Å². The predicted octanol–water partition coefficient (Wildman–Crippen LogP) is 1.32. The first-order valence-corrected chi connectivity index (χ1v) is 6.65. The number of ether oxygens (including phenoxy) is 1. The van der Waals surface area contributed by atoms with Crippen molar-refractivity contribution in [1.29, 1.82) is 5.26 Å². The number of nitrogens with zero attached hydrogens (tertiary/aromatic N) is 3. The van der Waals surface area contributed by atoms with Crippen molar-refractivity contribution >= 4 is 0 Å². The van der Waals surface area contributed by atoms with Gasteiger partial charge in [-0.2, -0.15) is 5.26 Å². The van der Waals surface area contributed by atoms with Gasteiger partial charge in [0.25, 0.3) is 0 Å². The number of benzene rings is 1.